The number of carbonyl (C=O) groups is 17. The van der Waals surface area contributed by atoms with Crippen LogP contribution in [0.2, 0.25) is 0 Å². The zero-order valence-electron chi connectivity index (χ0n) is 65.9. The zero-order chi connectivity index (χ0) is 86.3. The van der Waals surface area contributed by atoms with E-state index in [0.717, 1.165) is 41.8 Å². The second-order valence-electron chi connectivity index (χ2n) is 29.2. The van der Waals surface area contributed by atoms with Gasteiger partial charge in [0.05, 0.1) is 19.1 Å². The van der Waals surface area contributed by atoms with E-state index in [-0.39, 0.29) is 82.5 Å². The van der Waals surface area contributed by atoms with Gasteiger partial charge in [-0.05, 0) is 122 Å². The number of benzene rings is 5. The van der Waals surface area contributed by atoms with Gasteiger partial charge in [0, 0.05) is 75.3 Å². The molecular formula is C80H105N19O18S. The number of para-hydroxylation sites is 1. The van der Waals surface area contributed by atoms with E-state index in [4.69, 9.17) is 28.7 Å². The summed E-state index contributed by atoms with van der Waals surface area (Å²) in [4.78, 5) is 240. The van der Waals surface area contributed by atoms with Gasteiger partial charge in [-0.25, -0.2) is 0 Å². The van der Waals surface area contributed by atoms with Crippen molar-refractivity contribution in [3.05, 3.63) is 132 Å². The van der Waals surface area contributed by atoms with Crippen LogP contribution in [-0.2, 0) is 101 Å². The molecule has 5 aromatic carbocycles. The van der Waals surface area contributed by atoms with Crippen LogP contribution >= 0.6 is 11.8 Å². The van der Waals surface area contributed by atoms with Crippen molar-refractivity contribution in [3.8, 4) is 0 Å². The van der Waals surface area contributed by atoms with Gasteiger partial charge >= 0.3 is 0 Å². The highest BCUT2D eigenvalue weighted by Crippen LogP contribution is 2.24. The van der Waals surface area contributed by atoms with Gasteiger partial charge in [-0.1, -0.05) is 103 Å². The largest absolute Gasteiger partial charge is 0.391 e. The van der Waals surface area contributed by atoms with Crippen molar-refractivity contribution in [1.82, 2.24) is 74.1 Å². The van der Waals surface area contributed by atoms with Crippen molar-refractivity contribution in [3.63, 3.8) is 0 Å². The van der Waals surface area contributed by atoms with Crippen LogP contribution < -0.4 is 97.8 Å². The number of nitrogens with one attached hydrogen (secondary N) is 14. The first-order valence-corrected chi connectivity index (χ1v) is 39.7. The molecule has 634 valence electrons. The Morgan fingerprint density at radius 1 is 0.559 bits per heavy atom. The second-order valence-corrected chi connectivity index (χ2v) is 30.3. The molecule has 25 N–H and O–H groups in total. The number of amides is 17. The van der Waals surface area contributed by atoms with Crippen LogP contribution in [0.4, 0.5) is 0 Å². The number of aromatic amines is 1. The molecule has 0 radical (unpaired) electrons. The number of nitrogens with two attached hydrogens (primary N) is 5. The van der Waals surface area contributed by atoms with Crippen molar-refractivity contribution in [2.45, 2.75) is 190 Å². The van der Waals surface area contributed by atoms with Gasteiger partial charge < -0.3 is 108 Å². The lowest BCUT2D eigenvalue weighted by Crippen LogP contribution is -2.64. The van der Waals surface area contributed by atoms with Gasteiger partial charge in [0.2, 0.25) is 100 Å². The third kappa shape index (κ3) is 29.0. The topological polar surface area (TPSA) is 613 Å². The minimum absolute atomic E-state index is 0.0350. The molecule has 17 amide bonds. The fourth-order valence-corrected chi connectivity index (χ4v) is 14.2. The number of carbonyl (C=O) groups excluding carboxylic acids is 17. The summed E-state index contributed by atoms with van der Waals surface area (Å²) in [7, 11) is 0. The molecule has 1 aromatic heterocycles. The summed E-state index contributed by atoms with van der Waals surface area (Å²) in [6.45, 7) is 4.34. The lowest BCUT2D eigenvalue weighted by atomic mass is 9.92. The molecule has 1 aliphatic heterocycles. The monoisotopic (exact) mass is 1650 g/mol. The summed E-state index contributed by atoms with van der Waals surface area (Å²) >= 11 is 0.943. The van der Waals surface area contributed by atoms with E-state index in [1.54, 1.807) is 85.1 Å². The molecule has 12 atom stereocenters. The van der Waals surface area contributed by atoms with Crippen molar-refractivity contribution in [2.24, 2.45) is 28.7 Å². The Hall–Kier alpha value is -12.6. The number of aromatic nitrogens is 1. The van der Waals surface area contributed by atoms with Crippen LogP contribution in [0.1, 0.15) is 115 Å². The Kier molecular flexibility index (Phi) is 35.4. The Morgan fingerprint density at radius 2 is 1.11 bits per heavy atom. The molecular weight excluding hydrogens is 1550 g/mol. The standard InChI is InChI=1S/C80H105N19O18S/c1-43(100)68-78(116)95-61(38-52-40-87-54-19-10-9-18-53(52)54)75(113)91-56(25-27-64(82)103)71(109)96-63(42-118-33-29-58(89-45(3)102)72(110)90-57(73(111)98-68)26-28-65(83)104)76(114)92-59(36-46-21-23-48-14-5-7-16-50(48)34-46)74(112)93-60(37-47-22-24-49-15-6-8-17-51(49)35-47)77(115)99-80(4,30-13-31-81)79(117)97-55(20-11-12-32-86-44(2)101)70(108)94-62(39-66(84)105)69(107)88-41-67(85)106/h5-10,14-19,21-24,34-35,40,43,55-63,68,87,100H,11-13,20,25-33,36-39,41-42,81H2,1-4H3,(H2,82,103)(H2,83,104)(H2,84,105)(H2,85,106)(H,86,101)(H,88,107)(H,89,102)(H,90,110)(H,91,113)(H,92,114)(H,93,112)(H,94,108)(H,95,116)(H,96,109)(H,97,117)(H,98,111)(H,99,115)/t43-,55+,56+,57+,58+,59+,60+,61+,62+,63+,68+,80+/m1/s1. The fraction of sp³-hybridized carbons (Fsp3) is 0.438. The molecule has 0 saturated carbocycles. The first-order chi connectivity index (χ1) is 56.1. The molecule has 38 heteroatoms. The average molecular weight is 1650 g/mol. The first-order valence-electron chi connectivity index (χ1n) is 38.5. The molecule has 0 spiro atoms. The van der Waals surface area contributed by atoms with E-state index in [2.05, 4.69) is 74.1 Å². The number of H-pyrrole nitrogens is 1. The van der Waals surface area contributed by atoms with Crippen LogP contribution in [0.5, 0.6) is 0 Å². The second kappa shape index (κ2) is 45.1. The van der Waals surface area contributed by atoms with Gasteiger partial charge in [-0.15, -0.1) is 0 Å². The molecule has 7 rings (SSSR count). The van der Waals surface area contributed by atoms with E-state index in [1.807, 2.05) is 30.3 Å². The minimum Gasteiger partial charge on any atom is -0.391 e. The van der Waals surface area contributed by atoms with Gasteiger partial charge in [0.25, 0.3) is 0 Å². The molecule has 118 heavy (non-hydrogen) atoms. The van der Waals surface area contributed by atoms with E-state index in [0.29, 0.717) is 33.0 Å². The maximum atomic E-state index is 15.8. The predicted molar refractivity (Wildman–Crippen MR) is 436 cm³/mol. The van der Waals surface area contributed by atoms with Crippen LogP contribution in [0, 0.1) is 0 Å². The van der Waals surface area contributed by atoms with Gasteiger partial charge in [0.15, 0.2) is 0 Å². The van der Waals surface area contributed by atoms with Crippen molar-refractivity contribution >= 4 is 145 Å². The van der Waals surface area contributed by atoms with Crippen molar-refractivity contribution < 1.29 is 86.6 Å². The van der Waals surface area contributed by atoms with Crippen molar-refractivity contribution in [1.29, 1.82) is 0 Å². The Balaban J connectivity index is 1.31. The number of primary amides is 4. The molecule has 2 heterocycles. The normalized spacial score (nSPS) is 18.8. The van der Waals surface area contributed by atoms with Crippen LogP contribution in [-0.4, -0.2) is 214 Å². The Labute approximate surface area is 683 Å². The highest BCUT2D eigenvalue weighted by atomic mass is 32.2. The van der Waals surface area contributed by atoms with E-state index >= 15 is 28.8 Å². The predicted octanol–water partition coefficient (Wildman–Crippen LogP) is -3.18. The minimum atomic E-state index is -2.02. The summed E-state index contributed by atoms with van der Waals surface area (Å²) in [5.41, 5.74) is 27.9. The average Bonchev–Trinajstić information content (AvgIpc) is 1.51. The third-order valence-corrected chi connectivity index (χ3v) is 20.6. The summed E-state index contributed by atoms with van der Waals surface area (Å²) in [5.74, 6) is -16.9. The first kappa shape index (κ1) is 92.6. The highest BCUT2D eigenvalue weighted by molar-refractivity contribution is 7.99. The number of hydrogen-bond acceptors (Lipinski definition) is 20. The molecule has 1 aliphatic rings. The molecule has 1 fully saturated rings. The molecule has 0 unspecified atom stereocenters. The fourth-order valence-electron chi connectivity index (χ4n) is 13.2. The molecule has 0 bridgehead atoms. The van der Waals surface area contributed by atoms with Crippen LogP contribution in [0.3, 0.4) is 0 Å². The number of thioether (sulfide) groups is 1. The molecule has 1 saturated heterocycles. The third-order valence-electron chi connectivity index (χ3n) is 19.5. The molecule has 37 nitrogen and oxygen atoms in total. The van der Waals surface area contributed by atoms with Gasteiger partial charge in [0.1, 0.15) is 66.0 Å². The molecule has 6 aromatic rings. The Bertz CT molecular complexity index is 4680. The smallest absolute Gasteiger partial charge is 0.246 e. The number of aliphatic hydroxyl groups is 1. The zero-order valence-corrected chi connectivity index (χ0v) is 66.8. The summed E-state index contributed by atoms with van der Waals surface area (Å²) in [6.07, 6.45) is -4.01. The summed E-state index contributed by atoms with van der Waals surface area (Å²) in [5, 5.41) is 48.4. The lowest BCUT2D eigenvalue weighted by Gasteiger charge is -2.34. The molecule has 0 aliphatic carbocycles. The number of aliphatic hydroxyl groups excluding tert-OH is 1. The van der Waals surface area contributed by atoms with E-state index < -0.39 is 211 Å². The number of hydrogen-bond donors (Lipinski definition) is 20. The van der Waals surface area contributed by atoms with Crippen molar-refractivity contribution in [2.75, 3.05) is 31.1 Å². The highest BCUT2D eigenvalue weighted by Gasteiger charge is 2.42. The van der Waals surface area contributed by atoms with E-state index in [9.17, 15) is 57.8 Å². The number of rotatable bonds is 37. The quantitative estimate of drug-likeness (QED) is 0.0171. The number of unbranched alkanes of at least 4 members (excludes halogenated alkanes) is 1. The van der Waals surface area contributed by atoms with Gasteiger partial charge in [-0.2, -0.15) is 11.8 Å². The Morgan fingerprint density at radius 3 is 1.69 bits per heavy atom. The SMILES string of the molecule is CC(=O)NCCCC[C@H](NC(=O)[C@](C)(CCCN)NC(=O)[C@H](Cc1ccc2ccccc2c1)NC(=O)[C@H](Cc1ccc2ccccc2c1)NC(=O)[C@@H]1CSCC[C@H](NC(C)=O)C(=O)N[C@@H](CCC(N)=O)C(=O)N[C@@H]([C@@H](C)O)C(=O)N[C@@H](Cc2c[nH]c3ccccc23)C(=O)N[C@@H](CCC(N)=O)C(=O)N1)C(=O)N[C@@H](CC(N)=O)C(=O)NCC(N)=O. The lowest BCUT2D eigenvalue weighted by molar-refractivity contribution is -0.138. The van der Waals surface area contributed by atoms with E-state index in [1.165, 1.54) is 13.8 Å². The number of fused-ring (bicyclic) bond motifs is 3. The van der Waals surface area contributed by atoms with Crippen LogP contribution in [0.15, 0.2) is 115 Å². The van der Waals surface area contributed by atoms with Gasteiger partial charge in [-0.3, -0.25) is 81.5 Å². The van der Waals surface area contributed by atoms with Crippen LogP contribution in [0.25, 0.3) is 32.4 Å². The summed E-state index contributed by atoms with van der Waals surface area (Å²) in [6, 6.07) is 15.2. The maximum Gasteiger partial charge on any atom is 0.246 e. The summed E-state index contributed by atoms with van der Waals surface area (Å²) < 4.78 is 0. The maximum absolute atomic E-state index is 15.8.